The van der Waals surface area contributed by atoms with Crippen LogP contribution in [0.1, 0.15) is 45.1 Å². The van der Waals surface area contributed by atoms with Crippen molar-refractivity contribution in [3.63, 3.8) is 0 Å². The summed E-state index contributed by atoms with van der Waals surface area (Å²) in [6, 6.07) is 0.263. The third-order valence-corrected chi connectivity index (χ3v) is 10.6. The Morgan fingerprint density at radius 2 is 1.95 bits per heavy atom. The van der Waals surface area contributed by atoms with E-state index in [1.54, 1.807) is 0 Å². The average Bonchev–Trinajstić information content (AvgIpc) is 2.61. The van der Waals surface area contributed by atoms with Crippen molar-refractivity contribution >= 4 is 46.8 Å². The number of alkyl halides is 1. The molecule has 0 amide bonds. The summed E-state index contributed by atoms with van der Waals surface area (Å²) in [5.41, 5.74) is 2.34. The lowest BCUT2D eigenvalue weighted by atomic mass is 10.2. The SMILES string of the molecule is Cc1nn([C@@H](C)CO[Si](C)(C)C(C)(C)C)c(CBr)c1I. The molecule has 3 nitrogen and oxygen atoms in total. The second-order valence-corrected chi connectivity index (χ2v) is 13.3. The summed E-state index contributed by atoms with van der Waals surface area (Å²) >= 11 is 5.94. The third-order valence-electron chi connectivity index (χ3n) is 4.14. The van der Waals surface area contributed by atoms with Gasteiger partial charge in [0.05, 0.1) is 27.6 Å². The van der Waals surface area contributed by atoms with Crippen molar-refractivity contribution in [2.45, 2.75) is 64.1 Å². The molecule has 116 valence electrons. The number of aromatic nitrogens is 2. The zero-order valence-electron chi connectivity index (χ0n) is 13.6. The van der Waals surface area contributed by atoms with Crippen LogP contribution in [0, 0.1) is 10.5 Å². The molecule has 0 fully saturated rings. The van der Waals surface area contributed by atoms with Gasteiger partial charge in [0.15, 0.2) is 8.32 Å². The van der Waals surface area contributed by atoms with Crippen molar-refractivity contribution in [3.05, 3.63) is 15.0 Å². The maximum absolute atomic E-state index is 6.32. The van der Waals surface area contributed by atoms with Gasteiger partial charge in [0, 0.05) is 5.33 Å². The van der Waals surface area contributed by atoms with Gasteiger partial charge in [-0.3, -0.25) is 4.68 Å². The van der Waals surface area contributed by atoms with E-state index in [1.807, 2.05) is 0 Å². The molecule has 0 unspecified atom stereocenters. The number of halogens is 2. The molecule has 0 radical (unpaired) electrons. The summed E-state index contributed by atoms with van der Waals surface area (Å²) in [4.78, 5) is 0. The number of aryl methyl sites for hydroxylation is 1. The fraction of sp³-hybridized carbons (Fsp3) is 0.786. The summed E-state index contributed by atoms with van der Waals surface area (Å²) in [6.45, 7) is 16.4. The minimum Gasteiger partial charge on any atom is -0.415 e. The molecule has 20 heavy (non-hydrogen) atoms. The van der Waals surface area contributed by atoms with Gasteiger partial charge in [-0.05, 0) is 54.6 Å². The Bertz CT molecular complexity index is 468. The van der Waals surface area contributed by atoms with Crippen molar-refractivity contribution in [2.75, 3.05) is 6.61 Å². The standard InChI is InChI=1S/C14H26BrIN2OSi/c1-10(9-19-20(6,7)14(3,4)5)18-12(8-15)13(16)11(2)17-18/h10H,8-9H2,1-7H3/t10-/m0/s1. The summed E-state index contributed by atoms with van der Waals surface area (Å²) in [5.74, 6) is 0. The Morgan fingerprint density at radius 1 is 1.40 bits per heavy atom. The van der Waals surface area contributed by atoms with Crippen molar-refractivity contribution in [1.82, 2.24) is 9.78 Å². The molecular formula is C14H26BrIN2OSi. The van der Waals surface area contributed by atoms with Gasteiger partial charge in [0.25, 0.3) is 0 Å². The molecule has 0 aliphatic rings. The molecule has 0 aliphatic carbocycles. The minimum atomic E-state index is -1.69. The van der Waals surface area contributed by atoms with Crippen LogP contribution in [0.5, 0.6) is 0 Å². The van der Waals surface area contributed by atoms with E-state index >= 15 is 0 Å². The highest BCUT2D eigenvalue weighted by atomic mass is 127. The van der Waals surface area contributed by atoms with Crippen LogP contribution in [-0.2, 0) is 9.76 Å². The number of hydrogen-bond donors (Lipinski definition) is 0. The first-order valence-corrected chi connectivity index (χ1v) is 12.1. The first-order valence-electron chi connectivity index (χ1n) is 6.94. The Morgan fingerprint density at radius 3 is 2.40 bits per heavy atom. The summed E-state index contributed by atoms with van der Waals surface area (Å²) in [7, 11) is -1.69. The lowest BCUT2D eigenvalue weighted by molar-refractivity contribution is 0.228. The highest BCUT2D eigenvalue weighted by Crippen LogP contribution is 2.37. The van der Waals surface area contributed by atoms with Crippen LogP contribution in [0.4, 0.5) is 0 Å². The van der Waals surface area contributed by atoms with Crippen molar-refractivity contribution < 1.29 is 4.43 Å². The Kier molecular flexibility index (Phi) is 6.33. The summed E-state index contributed by atoms with van der Waals surface area (Å²) in [5, 5.41) is 5.74. The van der Waals surface area contributed by atoms with Gasteiger partial charge in [-0.1, -0.05) is 36.7 Å². The van der Waals surface area contributed by atoms with Gasteiger partial charge in [0.2, 0.25) is 0 Å². The lowest BCUT2D eigenvalue weighted by Gasteiger charge is -2.37. The minimum absolute atomic E-state index is 0.249. The van der Waals surface area contributed by atoms with E-state index < -0.39 is 8.32 Å². The second kappa shape index (κ2) is 6.79. The van der Waals surface area contributed by atoms with Crippen molar-refractivity contribution in [3.8, 4) is 0 Å². The Hall–Kier alpha value is 0.597. The van der Waals surface area contributed by atoms with Crippen LogP contribution in [0.3, 0.4) is 0 Å². The second-order valence-electron chi connectivity index (χ2n) is 6.84. The maximum Gasteiger partial charge on any atom is 0.192 e. The van der Waals surface area contributed by atoms with Gasteiger partial charge in [-0.25, -0.2) is 0 Å². The zero-order valence-corrected chi connectivity index (χ0v) is 18.3. The molecule has 0 bridgehead atoms. The maximum atomic E-state index is 6.32. The van der Waals surface area contributed by atoms with E-state index in [1.165, 1.54) is 9.26 Å². The molecule has 1 rings (SSSR count). The van der Waals surface area contributed by atoms with E-state index in [0.717, 1.165) is 17.6 Å². The predicted octanol–water partition coefficient (Wildman–Crippen LogP) is 5.27. The fourth-order valence-electron chi connectivity index (χ4n) is 1.68. The quantitative estimate of drug-likeness (QED) is 0.331. The van der Waals surface area contributed by atoms with Gasteiger partial charge in [0.1, 0.15) is 0 Å². The topological polar surface area (TPSA) is 27.1 Å². The highest BCUT2D eigenvalue weighted by Gasteiger charge is 2.37. The monoisotopic (exact) mass is 472 g/mol. The third kappa shape index (κ3) is 4.07. The first kappa shape index (κ1) is 18.6. The normalized spacial score (nSPS) is 14.7. The van der Waals surface area contributed by atoms with Gasteiger partial charge in [-0.2, -0.15) is 5.10 Å². The molecule has 0 aliphatic heterocycles. The fourth-order valence-corrected chi connectivity index (χ4v) is 4.37. The number of rotatable bonds is 5. The van der Waals surface area contributed by atoms with Crippen LogP contribution in [0.15, 0.2) is 0 Å². The van der Waals surface area contributed by atoms with Crippen LogP contribution >= 0.6 is 38.5 Å². The van der Waals surface area contributed by atoms with Crippen LogP contribution in [0.25, 0.3) is 0 Å². The van der Waals surface area contributed by atoms with Gasteiger partial charge < -0.3 is 4.43 Å². The molecule has 0 N–H and O–H groups in total. The van der Waals surface area contributed by atoms with Crippen molar-refractivity contribution in [2.24, 2.45) is 0 Å². The van der Waals surface area contributed by atoms with Crippen LogP contribution in [-0.4, -0.2) is 24.7 Å². The van der Waals surface area contributed by atoms with Crippen LogP contribution < -0.4 is 0 Å². The molecule has 1 aromatic heterocycles. The number of nitrogens with zero attached hydrogens (tertiary/aromatic N) is 2. The highest BCUT2D eigenvalue weighted by molar-refractivity contribution is 14.1. The largest absolute Gasteiger partial charge is 0.415 e. The smallest absolute Gasteiger partial charge is 0.192 e. The van der Waals surface area contributed by atoms with Gasteiger partial charge in [-0.15, -0.1) is 0 Å². The lowest BCUT2D eigenvalue weighted by Crippen LogP contribution is -2.42. The zero-order chi connectivity index (χ0) is 15.7. The molecule has 0 aromatic carbocycles. The molecule has 0 saturated heterocycles. The molecule has 1 heterocycles. The van der Waals surface area contributed by atoms with Crippen LogP contribution in [0.2, 0.25) is 18.1 Å². The molecule has 0 saturated carbocycles. The predicted molar refractivity (Wildman–Crippen MR) is 100 cm³/mol. The van der Waals surface area contributed by atoms with E-state index in [4.69, 9.17) is 4.43 Å². The number of hydrogen-bond acceptors (Lipinski definition) is 2. The average molecular weight is 473 g/mol. The molecule has 1 atom stereocenters. The van der Waals surface area contributed by atoms with E-state index in [2.05, 4.69) is 96.0 Å². The Balaban J connectivity index is 2.83. The summed E-state index contributed by atoms with van der Waals surface area (Å²) in [6.07, 6.45) is 0. The Labute approximate surface area is 146 Å². The van der Waals surface area contributed by atoms with E-state index in [0.29, 0.717) is 0 Å². The van der Waals surface area contributed by atoms with E-state index in [-0.39, 0.29) is 11.1 Å². The first-order chi connectivity index (χ1) is 9.01. The molecule has 6 heteroatoms. The molecule has 1 aromatic rings. The summed E-state index contributed by atoms with van der Waals surface area (Å²) < 4.78 is 9.68. The van der Waals surface area contributed by atoms with Crippen molar-refractivity contribution in [1.29, 1.82) is 0 Å². The van der Waals surface area contributed by atoms with E-state index in [9.17, 15) is 0 Å². The molecule has 0 spiro atoms. The van der Waals surface area contributed by atoms with Gasteiger partial charge >= 0.3 is 0 Å². The molecular weight excluding hydrogens is 447 g/mol.